The van der Waals surface area contributed by atoms with E-state index in [1.807, 2.05) is 18.2 Å². The van der Waals surface area contributed by atoms with E-state index in [0.29, 0.717) is 17.5 Å². The zero-order valence-corrected chi connectivity index (χ0v) is 14.6. The van der Waals surface area contributed by atoms with Crippen molar-refractivity contribution in [3.63, 3.8) is 0 Å². The standard InChI is InChI=1S/C19H22N4O2/c1-11-16(5-4-6-17(11)23-15-7-8-15)14-9-18(21-12(2)24)19(20-10-14)22-13(3)25/h4-6,9-10,15,23H,7-8H2,1-3H3,(H,21,24)(H,20,22,25). The highest BCUT2D eigenvalue weighted by Gasteiger charge is 2.22. The molecular formula is C19H22N4O2. The minimum Gasteiger partial charge on any atom is -0.382 e. The summed E-state index contributed by atoms with van der Waals surface area (Å²) in [6.45, 7) is 4.90. The lowest BCUT2D eigenvalue weighted by Crippen LogP contribution is -2.13. The summed E-state index contributed by atoms with van der Waals surface area (Å²) in [5.74, 6) is -0.110. The number of carbonyl (C=O) groups is 2. The van der Waals surface area contributed by atoms with Crippen LogP contribution in [0.3, 0.4) is 0 Å². The van der Waals surface area contributed by atoms with Crippen molar-refractivity contribution in [2.75, 3.05) is 16.0 Å². The zero-order chi connectivity index (χ0) is 18.0. The van der Waals surface area contributed by atoms with Gasteiger partial charge < -0.3 is 16.0 Å². The van der Waals surface area contributed by atoms with Crippen molar-refractivity contribution in [3.05, 3.63) is 36.0 Å². The number of aromatic nitrogens is 1. The molecule has 2 aromatic rings. The van der Waals surface area contributed by atoms with Crippen LogP contribution >= 0.6 is 0 Å². The van der Waals surface area contributed by atoms with Gasteiger partial charge in [0.05, 0.1) is 5.69 Å². The van der Waals surface area contributed by atoms with E-state index < -0.39 is 0 Å². The lowest BCUT2D eigenvalue weighted by Gasteiger charge is -2.15. The Morgan fingerprint density at radius 3 is 2.44 bits per heavy atom. The number of amides is 2. The van der Waals surface area contributed by atoms with Gasteiger partial charge in [-0.15, -0.1) is 0 Å². The second-order valence-electron chi connectivity index (χ2n) is 6.38. The van der Waals surface area contributed by atoms with E-state index in [9.17, 15) is 9.59 Å². The van der Waals surface area contributed by atoms with Crippen LogP contribution in [0.25, 0.3) is 11.1 Å². The molecule has 130 valence electrons. The van der Waals surface area contributed by atoms with Gasteiger partial charge in [0.15, 0.2) is 5.82 Å². The van der Waals surface area contributed by atoms with Crippen LogP contribution in [-0.4, -0.2) is 22.8 Å². The highest BCUT2D eigenvalue weighted by Crippen LogP contribution is 2.34. The number of hydrogen-bond acceptors (Lipinski definition) is 4. The first kappa shape index (κ1) is 17.0. The van der Waals surface area contributed by atoms with Crippen LogP contribution in [0.2, 0.25) is 0 Å². The minimum absolute atomic E-state index is 0.216. The predicted octanol–water partition coefficient (Wildman–Crippen LogP) is 3.55. The molecule has 1 aliphatic carbocycles. The Bertz CT molecular complexity index is 828. The summed E-state index contributed by atoms with van der Waals surface area (Å²) in [6, 6.07) is 8.52. The van der Waals surface area contributed by atoms with Gasteiger partial charge >= 0.3 is 0 Å². The van der Waals surface area contributed by atoms with Crippen LogP contribution in [0.1, 0.15) is 32.3 Å². The van der Waals surface area contributed by atoms with E-state index in [2.05, 4.69) is 33.9 Å². The Kier molecular flexibility index (Phi) is 4.70. The fraction of sp³-hybridized carbons (Fsp3) is 0.316. The van der Waals surface area contributed by atoms with Gasteiger partial charge in [0.25, 0.3) is 0 Å². The van der Waals surface area contributed by atoms with Crippen molar-refractivity contribution < 1.29 is 9.59 Å². The van der Waals surface area contributed by atoms with Crippen molar-refractivity contribution in [2.45, 2.75) is 39.7 Å². The molecule has 25 heavy (non-hydrogen) atoms. The van der Waals surface area contributed by atoms with Crippen molar-refractivity contribution >= 4 is 29.0 Å². The van der Waals surface area contributed by atoms with Crippen molar-refractivity contribution in [1.29, 1.82) is 0 Å². The first-order valence-electron chi connectivity index (χ1n) is 8.36. The molecule has 2 amide bonds. The van der Waals surface area contributed by atoms with Crippen LogP contribution in [0, 0.1) is 6.92 Å². The predicted molar refractivity (Wildman–Crippen MR) is 99.7 cm³/mol. The number of pyridine rings is 1. The molecule has 0 atom stereocenters. The Hall–Kier alpha value is -2.89. The molecule has 0 unspecified atom stereocenters. The first-order chi connectivity index (χ1) is 11.9. The molecule has 0 bridgehead atoms. The number of carbonyl (C=O) groups excluding carboxylic acids is 2. The molecule has 0 saturated heterocycles. The van der Waals surface area contributed by atoms with E-state index >= 15 is 0 Å². The van der Waals surface area contributed by atoms with E-state index in [-0.39, 0.29) is 11.8 Å². The average Bonchev–Trinajstić information content (AvgIpc) is 3.34. The smallest absolute Gasteiger partial charge is 0.222 e. The molecule has 1 saturated carbocycles. The zero-order valence-electron chi connectivity index (χ0n) is 14.6. The SMILES string of the molecule is CC(=O)Nc1cc(-c2cccc(NC3CC3)c2C)cnc1NC(C)=O. The molecule has 6 heteroatoms. The molecule has 0 aliphatic heterocycles. The summed E-state index contributed by atoms with van der Waals surface area (Å²) >= 11 is 0. The van der Waals surface area contributed by atoms with Crippen LogP contribution in [0.5, 0.6) is 0 Å². The summed E-state index contributed by atoms with van der Waals surface area (Å²) in [6.07, 6.45) is 4.13. The molecule has 1 aromatic heterocycles. The van der Waals surface area contributed by atoms with Crippen LogP contribution < -0.4 is 16.0 Å². The van der Waals surface area contributed by atoms with Crippen LogP contribution in [-0.2, 0) is 9.59 Å². The second-order valence-corrected chi connectivity index (χ2v) is 6.38. The topological polar surface area (TPSA) is 83.1 Å². The quantitative estimate of drug-likeness (QED) is 0.778. The molecule has 3 rings (SSSR count). The van der Waals surface area contributed by atoms with Gasteiger partial charge in [-0.25, -0.2) is 4.98 Å². The molecule has 0 radical (unpaired) electrons. The third kappa shape index (κ3) is 4.15. The van der Waals surface area contributed by atoms with Gasteiger partial charge in [0.2, 0.25) is 11.8 Å². The summed E-state index contributed by atoms with van der Waals surface area (Å²) < 4.78 is 0. The van der Waals surface area contributed by atoms with E-state index in [4.69, 9.17) is 0 Å². The Labute approximate surface area is 147 Å². The number of nitrogens with zero attached hydrogens (tertiary/aromatic N) is 1. The van der Waals surface area contributed by atoms with Crippen LogP contribution in [0.4, 0.5) is 17.2 Å². The minimum atomic E-state index is -0.237. The largest absolute Gasteiger partial charge is 0.382 e. The average molecular weight is 338 g/mol. The third-order valence-corrected chi connectivity index (χ3v) is 4.07. The van der Waals surface area contributed by atoms with Crippen molar-refractivity contribution in [1.82, 2.24) is 4.98 Å². The Balaban J connectivity index is 1.99. The molecule has 1 aliphatic rings. The molecular weight excluding hydrogens is 316 g/mol. The number of benzene rings is 1. The van der Waals surface area contributed by atoms with Crippen LogP contribution in [0.15, 0.2) is 30.5 Å². The van der Waals surface area contributed by atoms with Gasteiger partial charge in [-0.2, -0.15) is 0 Å². The van der Waals surface area contributed by atoms with Gasteiger partial charge in [-0.1, -0.05) is 12.1 Å². The maximum atomic E-state index is 11.5. The van der Waals surface area contributed by atoms with E-state index in [0.717, 1.165) is 22.4 Å². The maximum Gasteiger partial charge on any atom is 0.222 e. The van der Waals surface area contributed by atoms with E-state index in [1.54, 1.807) is 6.20 Å². The lowest BCUT2D eigenvalue weighted by molar-refractivity contribution is -0.115. The fourth-order valence-electron chi connectivity index (χ4n) is 2.72. The highest BCUT2D eigenvalue weighted by atomic mass is 16.2. The summed E-state index contributed by atoms with van der Waals surface area (Å²) in [7, 11) is 0. The number of hydrogen-bond donors (Lipinski definition) is 3. The summed E-state index contributed by atoms with van der Waals surface area (Å²) in [4.78, 5) is 27.2. The van der Waals surface area contributed by atoms with Gasteiger partial charge in [0, 0.05) is 37.3 Å². The summed E-state index contributed by atoms with van der Waals surface area (Å²) in [5, 5.41) is 8.91. The van der Waals surface area contributed by atoms with Gasteiger partial charge in [-0.3, -0.25) is 9.59 Å². The normalized spacial score (nSPS) is 13.2. The Morgan fingerprint density at radius 2 is 1.80 bits per heavy atom. The fourth-order valence-corrected chi connectivity index (χ4v) is 2.72. The Morgan fingerprint density at radius 1 is 1.08 bits per heavy atom. The summed E-state index contributed by atoms with van der Waals surface area (Å²) in [5.41, 5.74) is 4.67. The monoisotopic (exact) mass is 338 g/mol. The number of anilines is 3. The molecule has 0 spiro atoms. The lowest BCUT2D eigenvalue weighted by atomic mass is 10.00. The molecule has 1 aromatic carbocycles. The molecule has 1 heterocycles. The highest BCUT2D eigenvalue weighted by molar-refractivity contribution is 5.97. The molecule has 3 N–H and O–H groups in total. The van der Waals surface area contributed by atoms with Gasteiger partial charge in [-0.05, 0) is 43.0 Å². The maximum absolute atomic E-state index is 11.5. The van der Waals surface area contributed by atoms with Crippen molar-refractivity contribution in [3.8, 4) is 11.1 Å². The number of nitrogens with one attached hydrogen (secondary N) is 3. The molecule has 1 fully saturated rings. The second kappa shape index (κ2) is 6.93. The third-order valence-electron chi connectivity index (χ3n) is 4.07. The number of rotatable bonds is 5. The van der Waals surface area contributed by atoms with Gasteiger partial charge in [0.1, 0.15) is 0 Å². The molecule has 6 nitrogen and oxygen atoms in total. The first-order valence-corrected chi connectivity index (χ1v) is 8.36. The van der Waals surface area contributed by atoms with E-state index in [1.165, 1.54) is 26.7 Å². The van der Waals surface area contributed by atoms with Crippen molar-refractivity contribution in [2.24, 2.45) is 0 Å².